The molecule has 22 heavy (non-hydrogen) atoms. The summed E-state index contributed by atoms with van der Waals surface area (Å²) < 4.78 is 9.63. The fraction of sp³-hybridized carbons (Fsp3) is 0.333. The largest absolute Gasteiger partial charge is 0.465 e. The Bertz CT molecular complexity index is 622. The van der Waals surface area contributed by atoms with E-state index in [0.717, 1.165) is 6.21 Å². The number of carbonyl (C=O) groups excluding carboxylic acids is 2. The van der Waals surface area contributed by atoms with Gasteiger partial charge in [0.1, 0.15) is 0 Å². The first-order valence-corrected chi connectivity index (χ1v) is 6.99. The summed E-state index contributed by atoms with van der Waals surface area (Å²) in [6.45, 7) is 3.72. The minimum Gasteiger partial charge on any atom is -0.465 e. The maximum Gasteiger partial charge on any atom is 0.339 e. The third-order valence-corrected chi connectivity index (χ3v) is 2.91. The zero-order valence-electron chi connectivity index (χ0n) is 12.2. The van der Waals surface area contributed by atoms with Crippen molar-refractivity contribution in [3.05, 3.63) is 28.8 Å². The van der Waals surface area contributed by atoms with E-state index in [9.17, 15) is 9.59 Å². The van der Waals surface area contributed by atoms with E-state index >= 15 is 0 Å². The van der Waals surface area contributed by atoms with E-state index in [1.807, 2.05) is 0 Å². The van der Waals surface area contributed by atoms with Gasteiger partial charge in [-0.3, -0.25) is 9.79 Å². The summed E-state index contributed by atoms with van der Waals surface area (Å²) in [4.78, 5) is 27.2. The maximum atomic E-state index is 11.7. The zero-order chi connectivity index (χ0) is 16.5. The minimum atomic E-state index is -1.14. The standard InChI is InChI=1S/C15H15ClN2O4/c1-3-21-14(19)10(8-17)9-18-12-7-5-6-11(13(12)16)15(20)22-4-2/h5-7,9-10H,3-4H2,1-2H3. The summed E-state index contributed by atoms with van der Waals surface area (Å²) in [5, 5.41) is 9.03. The molecule has 1 atom stereocenters. The van der Waals surface area contributed by atoms with Crippen molar-refractivity contribution < 1.29 is 19.1 Å². The summed E-state index contributed by atoms with van der Waals surface area (Å²) in [6, 6.07) is 6.42. The first-order chi connectivity index (χ1) is 10.5. The van der Waals surface area contributed by atoms with Crippen LogP contribution in [0.3, 0.4) is 0 Å². The molecule has 0 fully saturated rings. The first kappa shape index (κ1) is 17.7. The Balaban J connectivity index is 3.01. The molecule has 0 aromatic heterocycles. The summed E-state index contributed by atoms with van der Waals surface area (Å²) in [5.74, 6) is -2.39. The van der Waals surface area contributed by atoms with Crippen molar-refractivity contribution in [3.8, 4) is 6.07 Å². The van der Waals surface area contributed by atoms with E-state index in [1.165, 1.54) is 6.07 Å². The number of hydrogen-bond donors (Lipinski definition) is 0. The van der Waals surface area contributed by atoms with Gasteiger partial charge in [-0.25, -0.2) is 4.79 Å². The lowest BCUT2D eigenvalue weighted by Gasteiger charge is -2.06. The van der Waals surface area contributed by atoms with Crippen LogP contribution in [0.5, 0.6) is 0 Å². The third-order valence-electron chi connectivity index (χ3n) is 2.52. The Kier molecular flexibility index (Phi) is 7.06. The van der Waals surface area contributed by atoms with Gasteiger partial charge in [-0.15, -0.1) is 0 Å². The molecular weight excluding hydrogens is 308 g/mol. The predicted octanol–water partition coefficient (Wildman–Crippen LogP) is 2.92. The summed E-state index contributed by atoms with van der Waals surface area (Å²) >= 11 is 6.09. The number of esters is 2. The van der Waals surface area contributed by atoms with Gasteiger partial charge >= 0.3 is 11.9 Å². The second-order valence-corrected chi connectivity index (χ2v) is 4.37. The van der Waals surface area contributed by atoms with Crippen LogP contribution in [0.15, 0.2) is 23.2 Å². The molecule has 1 rings (SSSR count). The second-order valence-electron chi connectivity index (χ2n) is 4.00. The van der Waals surface area contributed by atoms with Crippen LogP contribution in [0, 0.1) is 17.2 Å². The molecule has 1 aromatic rings. The third kappa shape index (κ3) is 4.57. The summed E-state index contributed by atoms with van der Waals surface area (Å²) in [6.07, 6.45) is 1.13. The highest BCUT2D eigenvalue weighted by Gasteiger charge is 2.18. The number of carbonyl (C=O) groups is 2. The molecule has 0 amide bonds. The Labute approximate surface area is 133 Å². The van der Waals surface area contributed by atoms with Crippen LogP contribution in [0.4, 0.5) is 5.69 Å². The highest BCUT2D eigenvalue weighted by molar-refractivity contribution is 6.36. The van der Waals surface area contributed by atoms with Gasteiger partial charge in [-0.05, 0) is 26.0 Å². The van der Waals surface area contributed by atoms with Crippen LogP contribution in [0.2, 0.25) is 5.02 Å². The average molecular weight is 323 g/mol. The smallest absolute Gasteiger partial charge is 0.339 e. The van der Waals surface area contributed by atoms with Gasteiger partial charge in [0, 0.05) is 6.21 Å². The number of rotatable bonds is 6. The molecule has 0 radical (unpaired) electrons. The molecule has 0 aliphatic carbocycles. The lowest BCUT2D eigenvalue weighted by Crippen LogP contribution is -2.17. The highest BCUT2D eigenvalue weighted by Crippen LogP contribution is 2.29. The van der Waals surface area contributed by atoms with E-state index in [4.69, 9.17) is 26.3 Å². The molecule has 0 N–H and O–H groups in total. The molecular formula is C15H15ClN2O4. The van der Waals surface area contributed by atoms with Crippen LogP contribution >= 0.6 is 11.6 Å². The van der Waals surface area contributed by atoms with Crippen LogP contribution in [0.1, 0.15) is 24.2 Å². The van der Waals surface area contributed by atoms with Gasteiger partial charge in [-0.2, -0.15) is 5.26 Å². The van der Waals surface area contributed by atoms with Crippen molar-refractivity contribution in [2.45, 2.75) is 13.8 Å². The molecule has 0 aliphatic rings. The topological polar surface area (TPSA) is 88.8 Å². The molecule has 0 saturated carbocycles. The van der Waals surface area contributed by atoms with Crippen molar-refractivity contribution in [2.24, 2.45) is 10.9 Å². The number of halogens is 1. The fourth-order valence-corrected chi connectivity index (χ4v) is 1.77. The van der Waals surface area contributed by atoms with Crippen molar-refractivity contribution in [1.29, 1.82) is 5.26 Å². The summed E-state index contributed by atoms with van der Waals surface area (Å²) in [5.41, 5.74) is 0.430. The van der Waals surface area contributed by atoms with E-state index < -0.39 is 17.9 Å². The quantitative estimate of drug-likeness (QED) is 0.593. The number of aliphatic imine (C=N–C) groups is 1. The Morgan fingerprint density at radius 1 is 1.36 bits per heavy atom. The lowest BCUT2D eigenvalue weighted by atomic mass is 10.2. The average Bonchev–Trinajstić information content (AvgIpc) is 2.49. The van der Waals surface area contributed by atoms with Crippen LogP contribution in [0.25, 0.3) is 0 Å². The van der Waals surface area contributed by atoms with Gasteiger partial charge in [0.15, 0.2) is 5.92 Å². The molecule has 0 spiro atoms. The minimum absolute atomic E-state index is 0.0951. The first-order valence-electron chi connectivity index (χ1n) is 6.61. The normalized spacial score (nSPS) is 11.7. The van der Waals surface area contributed by atoms with Crippen molar-refractivity contribution in [1.82, 2.24) is 0 Å². The highest BCUT2D eigenvalue weighted by atomic mass is 35.5. The molecule has 0 bridgehead atoms. The Hall–Kier alpha value is -2.39. The number of benzene rings is 1. The molecule has 0 saturated heterocycles. The van der Waals surface area contributed by atoms with E-state index in [2.05, 4.69) is 4.99 Å². The van der Waals surface area contributed by atoms with Gasteiger partial charge in [0.25, 0.3) is 0 Å². The number of nitrogens with zero attached hydrogens (tertiary/aromatic N) is 2. The summed E-state index contributed by atoms with van der Waals surface area (Å²) in [7, 11) is 0. The second kappa shape index (κ2) is 8.80. The van der Waals surface area contributed by atoms with E-state index in [-0.39, 0.29) is 29.5 Å². The number of hydrogen-bond acceptors (Lipinski definition) is 6. The van der Waals surface area contributed by atoms with Crippen molar-refractivity contribution in [2.75, 3.05) is 13.2 Å². The van der Waals surface area contributed by atoms with Gasteiger partial charge in [0.05, 0.1) is 35.6 Å². The number of nitriles is 1. The fourth-order valence-electron chi connectivity index (χ4n) is 1.52. The van der Waals surface area contributed by atoms with Crippen molar-refractivity contribution >= 4 is 35.4 Å². The van der Waals surface area contributed by atoms with Gasteiger partial charge < -0.3 is 9.47 Å². The van der Waals surface area contributed by atoms with Gasteiger partial charge in [0.2, 0.25) is 0 Å². The number of ether oxygens (including phenoxy) is 2. The monoisotopic (exact) mass is 322 g/mol. The lowest BCUT2D eigenvalue weighted by molar-refractivity contribution is -0.143. The molecule has 0 heterocycles. The van der Waals surface area contributed by atoms with E-state index in [0.29, 0.717) is 0 Å². The molecule has 7 heteroatoms. The van der Waals surface area contributed by atoms with Crippen LogP contribution < -0.4 is 0 Å². The van der Waals surface area contributed by atoms with E-state index in [1.54, 1.807) is 32.0 Å². The molecule has 116 valence electrons. The van der Waals surface area contributed by atoms with Crippen molar-refractivity contribution in [3.63, 3.8) is 0 Å². The molecule has 1 aromatic carbocycles. The Morgan fingerprint density at radius 2 is 2.05 bits per heavy atom. The zero-order valence-corrected chi connectivity index (χ0v) is 13.0. The van der Waals surface area contributed by atoms with Gasteiger partial charge in [-0.1, -0.05) is 17.7 Å². The predicted molar refractivity (Wildman–Crippen MR) is 81.3 cm³/mol. The SMILES string of the molecule is CCOC(=O)c1cccc(N=CC(C#N)C(=O)OCC)c1Cl. The molecule has 6 nitrogen and oxygen atoms in total. The van der Waals surface area contributed by atoms with Crippen LogP contribution in [-0.2, 0) is 14.3 Å². The maximum absolute atomic E-state index is 11.7. The molecule has 1 unspecified atom stereocenters. The van der Waals surface area contributed by atoms with Crippen LogP contribution in [-0.4, -0.2) is 31.4 Å². The molecule has 0 aliphatic heterocycles. The Morgan fingerprint density at radius 3 is 2.64 bits per heavy atom.